The molecule has 0 amide bonds. The number of azide groups is 1. The van der Waals surface area contributed by atoms with Crippen molar-refractivity contribution < 1.29 is 5.11 Å². The van der Waals surface area contributed by atoms with Crippen LogP contribution in [0.4, 0.5) is 0 Å². The molecule has 0 radical (unpaired) electrons. The maximum absolute atomic E-state index is 8.49. The number of hydrogen-bond donors (Lipinski definition) is 2. The molecule has 0 spiro atoms. The zero-order chi connectivity index (χ0) is 7.82. The van der Waals surface area contributed by atoms with Gasteiger partial charge in [0, 0.05) is 4.91 Å². The van der Waals surface area contributed by atoms with Gasteiger partial charge in [-0.15, -0.1) is 0 Å². The van der Waals surface area contributed by atoms with Crippen LogP contribution in [0.1, 0.15) is 0 Å². The normalized spacial score (nSPS) is 12.9. The van der Waals surface area contributed by atoms with Gasteiger partial charge in [-0.25, -0.2) is 0 Å². The lowest BCUT2D eigenvalue weighted by atomic mass is 10.3. The summed E-state index contributed by atoms with van der Waals surface area (Å²) in [5, 5.41) is 18.0. The second-order valence-electron chi connectivity index (χ2n) is 1.48. The highest BCUT2D eigenvalue weighted by atomic mass is 16.3. The minimum absolute atomic E-state index is 0.0771. The van der Waals surface area contributed by atoms with Gasteiger partial charge in [0.25, 0.3) is 0 Å². The van der Waals surface area contributed by atoms with E-state index in [1.807, 2.05) is 0 Å². The molecule has 0 aromatic rings. The number of aliphatic hydroxyl groups excluding tert-OH is 1. The van der Waals surface area contributed by atoms with Crippen LogP contribution in [0.3, 0.4) is 0 Å². The molecule has 1 atom stereocenters. The predicted octanol–water partition coefficient (Wildman–Crippen LogP) is -0.0165. The number of rotatable bonds is 4. The summed E-state index contributed by atoms with van der Waals surface area (Å²) in [6, 6.07) is -0.513. The zero-order valence-corrected chi connectivity index (χ0v) is 5.25. The van der Waals surface area contributed by atoms with Crippen molar-refractivity contribution in [2.45, 2.75) is 6.04 Å². The van der Waals surface area contributed by atoms with Gasteiger partial charge in [-0.05, 0) is 5.53 Å². The number of nitrogens with two attached hydrogens (primary N) is 1. The van der Waals surface area contributed by atoms with Crippen LogP contribution < -0.4 is 5.84 Å². The van der Waals surface area contributed by atoms with Crippen LogP contribution in [0.2, 0.25) is 0 Å². The standard InChI is InChI=1S/C3H8N6O/c4-8-6-1-3(2-10)7-9-5/h3,10H,1-2H2,(H2,5,7)/t3-/m0/s1. The van der Waals surface area contributed by atoms with Gasteiger partial charge < -0.3 is 10.9 Å². The minimum Gasteiger partial charge on any atom is -0.394 e. The van der Waals surface area contributed by atoms with E-state index in [0.29, 0.717) is 0 Å². The van der Waals surface area contributed by atoms with E-state index in [9.17, 15) is 0 Å². The van der Waals surface area contributed by atoms with Crippen molar-refractivity contribution in [2.24, 2.45) is 21.3 Å². The molecule has 0 saturated heterocycles. The van der Waals surface area contributed by atoms with Crippen molar-refractivity contribution in [1.29, 1.82) is 0 Å². The summed E-state index contributed by atoms with van der Waals surface area (Å²) in [4.78, 5) is 2.48. The minimum atomic E-state index is -0.513. The number of nitrogens with zero attached hydrogens (tertiary/aromatic N) is 5. The smallest absolute Gasteiger partial charge is 0.102 e. The van der Waals surface area contributed by atoms with Crippen molar-refractivity contribution in [3.05, 3.63) is 10.4 Å². The molecule has 0 unspecified atom stereocenters. The van der Waals surface area contributed by atoms with Crippen LogP contribution in [-0.4, -0.2) is 24.3 Å². The maximum Gasteiger partial charge on any atom is 0.102 e. The molecule has 3 N–H and O–H groups in total. The number of hydrogen-bond acceptors (Lipinski definition) is 4. The lowest BCUT2D eigenvalue weighted by Gasteiger charge is -1.99. The fourth-order valence-corrected chi connectivity index (χ4v) is 0.356. The Bertz CT molecular complexity index is 149. The largest absolute Gasteiger partial charge is 0.394 e. The third-order valence-corrected chi connectivity index (χ3v) is 0.796. The lowest BCUT2D eigenvalue weighted by molar-refractivity contribution is 0.265. The van der Waals surface area contributed by atoms with Gasteiger partial charge in [0.15, 0.2) is 0 Å². The highest BCUT2D eigenvalue weighted by Crippen LogP contribution is 1.90. The van der Waals surface area contributed by atoms with Crippen LogP contribution in [0.15, 0.2) is 15.5 Å². The predicted molar refractivity (Wildman–Crippen MR) is 33.9 cm³/mol. The van der Waals surface area contributed by atoms with E-state index in [2.05, 4.69) is 26.2 Å². The van der Waals surface area contributed by atoms with Crippen molar-refractivity contribution in [2.75, 3.05) is 13.2 Å². The average Bonchev–Trinajstić information content (AvgIpc) is 1.98. The summed E-state index contributed by atoms with van der Waals surface area (Å²) >= 11 is 0. The molecule has 0 fully saturated rings. The summed E-state index contributed by atoms with van der Waals surface area (Å²) < 4.78 is 0. The molecule has 10 heavy (non-hydrogen) atoms. The third-order valence-electron chi connectivity index (χ3n) is 0.796. The zero-order valence-electron chi connectivity index (χ0n) is 5.25. The Morgan fingerprint density at radius 3 is 2.80 bits per heavy atom. The third kappa shape index (κ3) is 3.65. The molecule has 0 rings (SSSR count). The van der Waals surface area contributed by atoms with E-state index < -0.39 is 6.04 Å². The molecule has 56 valence electrons. The van der Waals surface area contributed by atoms with Crippen LogP contribution in [0.25, 0.3) is 10.4 Å². The second-order valence-corrected chi connectivity index (χ2v) is 1.48. The fraction of sp³-hybridized carbons (Fsp3) is 1.00. The molecule has 0 bridgehead atoms. The van der Waals surface area contributed by atoms with E-state index in [-0.39, 0.29) is 13.2 Å². The van der Waals surface area contributed by atoms with Crippen LogP contribution >= 0.6 is 0 Å². The summed E-state index contributed by atoms with van der Waals surface area (Å²) in [7, 11) is 0. The van der Waals surface area contributed by atoms with Gasteiger partial charge in [0.05, 0.1) is 13.2 Å². The Morgan fingerprint density at radius 2 is 2.40 bits per heavy atom. The van der Waals surface area contributed by atoms with Gasteiger partial charge in [0.1, 0.15) is 6.04 Å². The van der Waals surface area contributed by atoms with Gasteiger partial charge >= 0.3 is 0 Å². The first-order valence-electron chi connectivity index (χ1n) is 2.57. The highest BCUT2D eigenvalue weighted by Gasteiger charge is 2.01. The Kier molecular flexibility index (Phi) is 5.03. The van der Waals surface area contributed by atoms with Gasteiger partial charge in [-0.2, -0.15) is 5.11 Å². The van der Waals surface area contributed by atoms with Crippen LogP contribution in [0.5, 0.6) is 0 Å². The van der Waals surface area contributed by atoms with E-state index >= 15 is 0 Å². The molecule has 0 saturated carbocycles. The Hall–Kier alpha value is -1.33. The second kappa shape index (κ2) is 5.80. The monoisotopic (exact) mass is 144 g/mol. The van der Waals surface area contributed by atoms with Crippen LogP contribution in [0, 0.1) is 0 Å². The van der Waals surface area contributed by atoms with Crippen molar-refractivity contribution >= 4 is 0 Å². The Morgan fingerprint density at radius 1 is 1.70 bits per heavy atom. The van der Waals surface area contributed by atoms with Gasteiger partial charge in [-0.1, -0.05) is 10.3 Å². The molecule has 7 heteroatoms. The van der Waals surface area contributed by atoms with Crippen molar-refractivity contribution in [1.82, 2.24) is 0 Å². The molecule has 0 aliphatic rings. The van der Waals surface area contributed by atoms with Crippen molar-refractivity contribution in [3.63, 3.8) is 0 Å². The first kappa shape index (κ1) is 8.67. The Labute approximate surface area is 57.2 Å². The van der Waals surface area contributed by atoms with Gasteiger partial charge in [0.2, 0.25) is 0 Å². The van der Waals surface area contributed by atoms with E-state index in [0.717, 1.165) is 0 Å². The quantitative estimate of drug-likeness (QED) is 0.189. The molecular formula is C3H8N6O. The Balaban J connectivity index is 3.70. The molecule has 0 aliphatic carbocycles. The highest BCUT2D eigenvalue weighted by molar-refractivity contribution is 4.65. The fourth-order valence-electron chi connectivity index (χ4n) is 0.356. The topological polar surface area (TPSA) is 120 Å². The molecule has 0 heterocycles. The first-order chi connectivity index (χ1) is 4.85. The molecule has 0 aromatic carbocycles. The van der Waals surface area contributed by atoms with E-state index in [1.54, 1.807) is 0 Å². The number of aliphatic hydroxyl groups is 1. The molecular weight excluding hydrogens is 136 g/mol. The van der Waals surface area contributed by atoms with E-state index in [1.165, 1.54) is 0 Å². The summed E-state index contributed by atoms with van der Waals surface area (Å²) in [5.74, 6) is 4.69. The lowest BCUT2D eigenvalue weighted by Crippen LogP contribution is -2.13. The summed E-state index contributed by atoms with van der Waals surface area (Å²) in [6.45, 7) is -0.145. The van der Waals surface area contributed by atoms with Crippen LogP contribution in [-0.2, 0) is 0 Å². The average molecular weight is 144 g/mol. The first-order valence-corrected chi connectivity index (χ1v) is 2.57. The maximum atomic E-state index is 8.49. The SMILES string of the molecule is [N-]=[N+]=NC[C@@H](CO)N=NN. The van der Waals surface area contributed by atoms with Crippen molar-refractivity contribution in [3.8, 4) is 0 Å². The van der Waals surface area contributed by atoms with E-state index in [4.69, 9.17) is 10.6 Å². The summed E-state index contributed by atoms with van der Waals surface area (Å²) in [5.41, 5.74) is 7.85. The summed E-state index contributed by atoms with van der Waals surface area (Å²) in [6.07, 6.45) is 0. The van der Waals surface area contributed by atoms with Gasteiger partial charge in [-0.3, -0.25) is 0 Å². The molecule has 0 aromatic heterocycles. The molecule has 0 aliphatic heterocycles. The molecule has 7 nitrogen and oxygen atoms in total.